The van der Waals surface area contributed by atoms with Gasteiger partial charge in [-0.3, -0.25) is 4.79 Å². The van der Waals surface area contributed by atoms with Crippen LogP contribution in [0.2, 0.25) is 0 Å². The van der Waals surface area contributed by atoms with Crippen LogP contribution in [0, 0.1) is 0 Å². The Labute approximate surface area is 105 Å². The predicted octanol–water partition coefficient (Wildman–Crippen LogP) is 2.75. The van der Waals surface area contributed by atoms with E-state index in [1.807, 2.05) is 0 Å². The average Bonchev–Trinajstić information content (AvgIpc) is 2.73. The molecule has 3 heterocycles. The van der Waals surface area contributed by atoms with E-state index in [9.17, 15) is 4.79 Å². The molecule has 0 saturated carbocycles. The highest BCUT2D eigenvalue weighted by molar-refractivity contribution is 5.98. The summed E-state index contributed by atoms with van der Waals surface area (Å²) in [5.41, 5.74) is 4.94. The van der Waals surface area contributed by atoms with Crippen molar-refractivity contribution in [2.45, 2.75) is 19.4 Å². The number of esters is 1. The third-order valence-corrected chi connectivity index (χ3v) is 3.92. The van der Waals surface area contributed by atoms with Gasteiger partial charge in [0.25, 0.3) is 0 Å². The van der Waals surface area contributed by atoms with Gasteiger partial charge in [0, 0.05) is 23.7 Å². The molecule has 4 rings (SSSR count). The second-order valence-corrected chi connectivity index (χ2v) is 4.92. The number of hydrogen-bond acceptors (Lipinski definition) is 2. The highest BCUT2D eigenvalue weighted by atomic mass is 16.5. The van der Waals surface area contributed by atoms with Crippen LogP contribution in [-0.4, -0.2) is 17.1 Å². The number of hydrogen-bond donors (Lipinski definition) is 0. The highest BCUT2D eigenvalue weighted by Gasteiger charge is 2.25. The summed E-state index contributed by atoms with van der Waals surface area (Å²) >= 11 is 0. The van der Waals surface area contributed by atoms with Gasteiger partial charge in [0.1, 0.15) is 6.61 Å². The molecule has 0 bridgehead atoms. The Balaban J connectivity index is 2.04. The van der Waals surface area contributed by atoms with Crippen molar-refractivity contribution in [3.63, 3.8) is 0 Å². The number of ether oxygens (including phenoxy) is 1. The summed E-state index contributed by atoms with van der Waals surface area (Å²) in [6, 6.07) is 8.46. The van der Waals surface area contributed by atoms with Gasteiger partial charge in [-0.2, -0.15) is 0 Å². The van der Waals surface area contributed by atoms with Gasteiger partial charge in [-0.15, -0.1) is 0 Å². The summed E-state index contributed by atoms with van der Waals surface area (Å²) in [7, 11) is 0. The van der Waals surface area contributed by atoms with E-state index in [4.69, 9.17) is 4.74 Å². The molecule has 2 aliphatic heterocycles. The molecule has 1 aromatic carbocycles. The van der Waals surface area contributed by atoms with E-state index in [2.05, 4.69) is 35.0 Å². The number of carbonyl (C=O) groups excluding carboxylic acids is 1. The Hall–Kier alpha value is -2.03. The first kappa shape index (κ1) is 9.95. The molecule has 3 heteroatoms. The zero-order valence-corrected chi connectivity index (χ0v) is 9.98. The molecule has 0 amide bonds. The molecule has 0 aliphatic carbocycles. The molecule has 0 fully saturated rings. The van der Waals surface area contributed by atoms with Gasteiger partial charge in [0.15, 0.2) is 0 Å². The molecule has 2 aliphatic rings. The normalized spacial score (nSPS) is 18.6. The summed E-state index contributed by atoms with van der Waals surface area (Å²) in [5, 5.41) is 1.25. The van der Waals surface area contributed by atoms with Gasteiger partial charge >= 0.3 is 5.97 Å². The van der Waals surface area contributed by atoms with Crippen molar-refractivity contribution in [1.82, 2.24) is 4.57 Å². The van der Waals surface area contributed by atoms with E-state index in [0.29, 0.717) is 13.0 Å². The van der Waals surface area contributed by atoms with E-state index in [-0.39, 0.29) is 5.97 Å². The Morgan fingerprint density at radius 1 is 1.22 bits per heavy atom. The van der Waals surface area contributed by atoms with Crippen LogP contribution in [-0.2, 0) is 16.1 Å². The standard InChI is InChI=1S/C15H13NO2/c17-14-8-13-11(9-18-14)5-7-16-6-4-10-2-1-3-12(13)15(10)16/h1-4,6H,5,7-9H2. The smallest absolute Gasteiger partial charge is 0.310 e. The lowest BCUT2D eigenvalue weighted by Crippen LogP contribution is -2.16. The zero-order chi connectivity index (χ0) is 12.1. The first-order valence-electron chi connectivity index (χ1n) is 6.28. The summed E-state index contributed by atoms with van der Waals surface area (Å²) in [6.07, 6.45) is 3.52. The van der Waals surface area contributed by atoms with Crippen LogP contribution in [0.1, 0.15) is 18.4 Å². The van der Waals surface area contributed by atoms with E-state index < -0.39 is 0 Å². The maximum atomic E-state index is 11.5. The number of aryl methyl sites for hydroxylation is 1. The summed E-state index contributed by atoms with van der Waals surface area (Å²) < 4.78 is 7.45. The Bertz CT molecular complexity index is 694. The van der Waals surface area contributed by atoms with Crippen LogP contribution >= 0.6 is 0 Å². The predicted molar refractivity (Wildman–Crippen MR) is 69.1 cm³/mol. The monoisotopic (exact) mass is 239 g/mol. The lowest BCUT2D eigenvalue weighted by molar-refractivity contribution is -0.142. The van der Waals surface area contributed by atoms with Crippen molar-refractivity contribution in [2.75, 3.05) is 6.61 Å². The van der Waals surface area contributed by atoms with Crippen molar-refractivity contribution in [3.05, 3.63) is 41.6 Å². The maximum Gasteiger partial charge on any atom is 0.310 e. The fourth-order valence-corrected chi connectivity index (χ4v) is 3.03. The lowest BCUT2D eigenvalue weighted by atomic mass is 9.94. The first-order valence-corrected chi connectivity index (χ1v) is 6.28. The Morgan fingerprint density at radius 2 is 2.17 bits per heavy atom. The van der Waals surface area contributed by atoms with Crippen molar-refractivity contribution in [2.24, 2.45) is 0 Å². The number of carbonyl (C=O) groups is 1. The molecule has 0 atom stereocenters. The minimum atomic E-state index is -0.106. The van der Waals surface area contributed by atoms with Gasteiger partial charge in [0.05, 0.1) is 11.9 Å². The van der Waals surface area contributed by atoms with Crippen molar-refractivity contribution >= 4 is 22.4 Å². The second-order valence-electron chi connectivity index (χ2n) is 4.92. The van der Waals surface area contributed by atoms with Crippen LogP contribution in [0.4, 0.5) is 0 Å². The largest absolute Gasteiger partial charge is 0.461 e. The van der Waals surface area contributed by atoms with E-state index in [0.717, 1.165) is 13.0 Å². The summed E-state index contributed by atoms with van der Waals surface area (Å²) in [4.78, 5) is 11.5. The van der Waals surface area contributed by atoms with Crippen molar-refractivity contribution < 1.29 is 9.53 Å². The number of benzene rings is 1. The molecule has 18 heavy (non-hydrogen) atoms. The van der Waals surface area contributed by atoms with Crippen LogP contribution in [0.5, 0.6) is 0 Å². The van der Waals surface area contributed by atoms with Crippen molar-refractivity contribution in [1.29, 1.82) is 0 Å². The highest BCUT2D eigenvalue weighted by Crippen LogP contribution is 2.36. The van der Waals surface area contributed by atoms with Crippen LogP contribution in [0.25, 0.3) is 16.5 Å². The molecule has 0 spiro atoms. The van der Waals surface area contributed by atoms with Gasteiger partial charge in [-0.05, 0) is 23.6 Å². The average molecular weight is 239 g/mol. The number of para-hydroxylation sites is 1. The molecular weight excluding hydrogens is 226 g/mol. The van der Waals surface area contributed by atoms with Gasteiger partial charge < -0.3 is 9.30 Å². The SMILES string of the molecule is O=C1CC2=C(CCn3ccc4cccc2c43)CO1. The van der Waals surface area contributed by atoms with Crippen molar-refractivity contribution in [3.8, 4) is 0 Å². The molecule has 0 saturated heterocycles. The molecule has 1 aromatic heterocycles. The molecule has 0 unspecified atom stereocenters. The fourth-order valence-electron chi connectivity index (χ4n) is 3.03. The number of nitrogens with zero attached hydrogens (tertiary/aromatic N) is 1. The number of cyclic esters (lactones) is 1. The molecular formula is C15H13NO2. The Kier molecular flexibility index (Phi) is 1.92. The molecule has 0 N–H and O–H groups in total. The molecule has 3 nitrogen and oxygen atoms in total. The van der Waals surface area contributed by atoms with Gasteiger partial charge in [0.2, 0.25) is 0 Å². The van der Waals surface area contributed by atoms with Crippen LogP contribution < -0.4 is 0 Å². The fraction of sp³-hybridized carbons (Fsp3) is 0.267. The van der Waals surface area contributed by atoms with Crippen LogP contribution in [0.3, 0.4) is 0 Å². The third-order valence-electron chi connectivity index (χ3n) is 3.92. The minimum absolute atomic E-state index is 0.106. The Morgan fingerprint density at radius 3 is 3.11 bits per heavy atom. The zero-order valence-electron chi connectivity index (χ0n) is 9.98. The summed E-state index contributed by atoms with van der Waals surface area (Å²) in [5.74, 6) is -0.106. The maximum absolute atomic E-state index is 11.5. The van der Waals surface area contributed by atoms with E-state index in [1.54, 1.807) is 0 Å². The van der Waals surface area contributed by atoms with E-state index >= 15 is 0 Å². The number of aromatic nitrogens is 1. The quantitative estimate of drug-likeness (QED) is 0.662. The number of fused-ring (bicyclic) bond motifs is 1. The molecule has 0 radical (unpaired) electrons. The molecule has 90 valence electrons. The second kappa shape index (κ2) is 3.48. The number of rotatable bonds is 0. The van der Waals surface area contributed by atoms with Gasteiger partial charge in [-0.1, -0.05) is 18.2 Å². The van der Waals surface area contributed by atoms with E-state index in [1.165, 1.54) is 27.6 Å². The topological polar surface area (TPSA) is 31.2 Å². The summed E-state index contributed by atoms with van der Waals surface area (Å²) in [6.45, 7) is 1.44. The third kappa shape index (κ3) is 1.27. The lowest BCUT2D eigenvalue weighted by Gasteiger charge is -2.19. The minimum Gasteiger partial charge on any atom is -0.461 e. The van der Waals surface area contributed by atoms with Gasteiger partial charge in [-0.25, -0.2) is 0 Å². The van der Waals surface area contributed by atoms with Crippen LogP contribution in [0.15, 0.2) is 36.0 Å². The molecule has 2 aromatic rings. The first-order chi connectivity index (χ1) is 8.83.